The second kappa shape index (κ2) is 7.04. The number of carbonyl (C=O) groups is 1. The van der Waals surface area contributed by atoms with Crippen LogP contribution in [0.4, 0.5) is 0 Å². The normalized spacial score (nSPS) is 10.0. The Labute approximate surface area is 106 Å². The van der Waals surface area contributed by atoms with Crippen molar-refractivity contribution in [3.8, 4) is 0 Å². The summed E-state index contributed by atoms with van der Waals surface area (Å²) < 4.78 is 4.95. The van der Waals surface area contributed by atoms with Crippen LogP contribution in [-0.4, -0.2) is 42.6 Å². The van der Waals surface area contributed by atoms with Gasteiger partial charge >= 0.3 is 0 Å². The van der Waals surface area contributed by atoms with Gasteiger partial charge in [0.05, 0.1) is 6.61 Å². The van der Waals surface area contributed by atoms with E-state index in [2.05, 4.69) is 11.6 Å². The topological polar surface area (TPSA) is 42.4 Å². The fourth-order valence-corrected chi connectivity index (χ4v) is 1.48. The van der Waals surface area contributed by atoms with Crippen LogP contribution in [0.25, 0.3) is 0 Å². The Bertz CT molecular complexity index is 396. The second-order valence-electron chi connectivity index (χ2n) is 3.39. The minimum atomic E-state index is -0.176. The highest BCUT2D eigenvalue weighted by Gasteiger charge is 2.15. The highest BCUT2D eigenvalue weighted by molar-refractivity contribution is 6.30. The van der Waals surface area contributed by atoms with Crippen molar-refractivity contribution in [1.29, 1.82) is 0 Å². The Morgan fingerprint density at radius 1 is 1.71 bits per heavy atom. The molecule has 0 bridgehead atoms. The first-order chi connectivity index (χ1) is 8.19. The molecule has 0 saturated heterocycles. The number of ether oxygens (including phenoxy) is 1. The Morgan fingerprint density at radius 2 is 2.47 bits per heavy atom. The van der Waals surface area contributed by atoms with E-state index in [1.54, 1.807) is 30.2 Å². The van der Waals surface area contributed by atoms with E-state index in [1.165, 1.54) is 6.20 Å². The third-order valence-corrected chi connectivity index (χ3v) is 2.38. The van der Waals surface area contributed by atoms with E-state index < -0.39 is 0 Å². The minimum absolute atomic E-state index is 0.176. The van der Waals surface area contributed by atoms with Gasteiger partial charge in [0.15, 0.2) is 0 Å². The predicted octanol–water partition coefficient (Wildman–Crippen LogP) is 2.01. The molecule has 0 saturated carbocycles. The van der Waals surface area contributed by atoms with Crippen molar-refractivity contribution < 1.29 is 9.53 Å². The van der Waals surface area contributed by atoms with Crippen molar-refractivity contribution in [3.63, 3.8) is 0 Å². The van der Waals surface area contributed by atoms with Crippen LogP contribution in [0.3, 0.4) is 0 Å². The smallest absolute Gasteiger partial charge is 0.272 e. The average Bonchev–Trinajstić information content (AvgIpc) is 2.33. The molecule has 1 aromatic rings. The zero-order valence-corrected chi connectivity index (χ0v) is 10.5. The lowest BCUT2D eigenvalue weighted by Gasteiger charge is -2.20. The quantitative estimate of drug-likeness (QED) is 0.730. The molecule has 1 amide bonds. The van der Waals surface area contributed by atoms with Gasteiger partial charge in [-0.25, -0.2) is 0 Å². The summed E-state index contributed by atoms with van der Waals surface area (Å²) >= 11 is 5.82. The molecular weight excluding hydrogens is 240 g/mol. The Balaban J connectivity index is 2.79. The van der Waals surface area contributed by atoms with Crippen LogP contribution in [0.5, 0.6) is 0 Å². The number of methoxy groups -OCH3 is 1. The number of nitrogens with zero attached hydrogens (tertiary/aromatic N) is 2. The molecule has 0 radical (unpaired) electrons. The molecular formula is C12H15ClN2O2. The Kier molecular flexibility index (Phi) is 5.66. The first-order valence-corrected chi connectivity index (χ1v) is 5.57. The van der Waals surface area contributed by atoms with Gasteiger partial charge in [-0.2, -0.15) is 0 Å². The average molecular weight is 255 g/mol. The van der Waals surface area contributed by atoms with Gasteiger partial charge < -0.3 is 9.64 Å². The molecule has 4 nitrogen and oxygen atoms in total. The number of hydrogen-bond acceptors (Lipinski definition) is 3. The van der Waals surface area contributed by atoms with Crippen LogP contribution in [0.1, 0.15) is 10.5 Å². The van der Waals surface area contributed by atoms with E-state index >= 15 is 0 Å². The number of halogens is 1. The number of amides is 1. The van der Waals surface area contributed by atoms with E-state index in [0.29, 0.717) is 30.4 Å². The SMILES string of the molecule is C=CCN(CCOC)C(=O)c1cc(Cl)ccn1. The number of rotatable bonds is 6. The Hall–Kier alpha value is -1.39. The fraction of sp³-hybridized carbons (Fsp3) is 0.333. The van der Waals surface area contributed by atoms with Crippen LogP contribution >= 0.6 is 11.6 Å². The maximum absolute atomic E-state index is 12.1. The largest absolute Gasteiger partial charge is 0.383 e. The van der Waals surface area contributed by atoms with Crippen molar-refractivity contribution in [1.82, 2.24) is 9.88 Å². The van der Waals surface area contributed by atoms with Crippen LogP contribution in [-0.2, 0) is 4.74 Å². The van der Waals surface area contributed by atoms with Crippen LogP contribution in [0.15, 0.2) is 31.0 Å². The summed E-state index contributed by atoms with van der Waals surface area (Å²) in [5, 5.41) is 0.494. The fourth-order valence-electron chi connectivity index (χ4n) is 1.32. The first kappa shape index (κ1) is 13.7. The predicted molar refractivity (Wildman–Crippen MR) is 67.2 cm³/mol. The zero-order chi connectivity index (χ0) is 12.7. The molecule has 0 aromatic carbocycles. The van der Waals surface area contributed by atoms with E-state index in [-0.39, 0.29) is 5.91 Å². The van der Waals surface area contributed by atoms with Gasteiger partial charge in [0.1, 0.15) is 5.69 Å². The van der Waals surface area contributed by atoms with Gasteiger partial charge in [-0.3, -0.25) is 9.78 Å². The van der Waals surface area contributed by atoms with Crippen molar-refractivity contribution >= 4 is 17.5 Å². The van der Waals surface area contributed by atoms with Gasteiger partial charge in [-0.05, 0) is 12.1 Å². The molecule has 0 N–H and O–H groups in total. The van der Waals surface area contributed by atoms with E-state index in [0.717, 1.165) is 0 Å². The molecule has 0 spiro atoms. The zero-order valence-electron chi connectivity index (χ0n) is 9.73. The summed E-state index contributed by atoms with van der Waals surface area (Å²) in [4.78, 5) is 17.7. The van der Waals surface area contributed by atoms with Gasteiger partial charge in [0, 0.05) is 31.4 Å². The Morgan fingerprint density at radius 3 is 3.06 bits per heavy atom. The number of carbonyl (C=O) groups excluding carboxylic acids is 1. The molecule has 0 aliphatic carbocycles. The lowest BCUT2D eigenvalue weighted by atomic mass is 10.3. The highest BCUT2D eigenvalue weighted by Crippen LogP contribution is 2.10. The van der Waals surface area contributed by atoms with Crippen molar-refractivity contribution in [2.45, 2.75) is 0 Å². The molecule has 0 aliphatic heterocycles. The molecule has 0 unspecified atom stereocenters. The summed E-state index contributed by atoms with van der Waals surface area (Å²) in [7, 11) is 1.59. The minimum Gasteiger partial charge on any atom is -0.383 e. The lowest BCUT2D eigenvalue weighted by Crippen LogP contribution is -2.34. The maximum atomic E-state index is 12.1. The summed E-state index contributed by atoms with van der Waals surface area (Å²) in [5.41, 5.74) is 0.329. The van der Waals surface area contributed by atoms with E-state index in [4.69, 9.17) is 16.3 Å². The van der Waals surface area contributed by atoms with E-state index in [9.17, 15) is 4.79 Å². The third kappa shape index (κ3) is 4.17. The number of aromatic nitrogens is 1. The highest BCUT2D eigenvalue weighted by atomic mass is 35.5. The summed E-state index contributed by atoms with van der Waals surface area (Å²) in [6.07, 6.45) is 3.18. The third-order valence-electron chi connectivity index (χ3n) is 2.14. The molecule has 1 aromatic heterocycles. The van der Waals surface area contributed by atoms with E-state index in [1.807, 2.05) is 0 Å². The molecule has 17 heavy (non-hydrogen) atoms. The van der Waals surface area contributed by atoms with Crippen molar-refractivity contribution in [2.75, 3.05) is 26.8 Å². The number of pyridine rings is 1. The second-order valence-corrected chi connectivity index (χ2v) is 3.83. The van der Waals surface area contributed by atoms with Crippen molar-refractivity contribution in [2.24, 2.45) is 0 Å². The molecule has 5 heteroatoms. The first-order valence-electron chi connectivity index (χ1n) is 5.19. The number of hydrogen-bond donors (Lipinski definition) is 0. The van der Waals surface area contributed by atoms with Gasteiger partial charge in [0.25, 0.3) is 5.91 Å². The van der Waals surface area contributed by atoms with Gasteiger partial charge in [-0.15, -0.1) is 6.58 Å². The van der Waals surface area contributed by atoms with Crippen LogP contribution in [0, 0.1) is 0 Å². The standard InChI is InChI=1S/C12H15ClN2O2/c1-3-6-15(7-8-17-2)12(16)11-9-10(13)4-5-14-11/h3-5,9H,1,6-8H2,2H3. The molecule has 1 rings (SSSR count). The van der Waals surface area contributed by atoms with Crippen LogP contribution in [0.2, 0.25) is 5.02 Å². The summed E-state index contributed by atoms with van der Waals surface area (Å²) in [6, 6.07) is 3.18. The maximum Gasteiger partial charge on any atom is 0.272 e. The van der Waals surface area contributed by atoms with Gasteiger partial charge in [-0.1, -0.05) is 17.7 Å². The lowest BCUT2D eigenvalue weighted by molar-refractivity contribution is 0.0712. The monoisotopic (exact) mass is 254 g/mol. The van der Waals surface area contributed by atoms with Crippen LogP contribution < -0.4 is 0 Å². The molecule has 0 aliphatic rings. The molecule has 0 fully saturated rings. The molecule has 92 valence electrons. The summed E-state index contributed by atoms with van der Waals surface area (Å²) in [5.74, 6) is -0.176. The molecule has 0 atom stereocenters. The molecule has 1 heterocycles. The van der Waals surface area contributed by atoms with Gasteiger partial charge in [0.2, 0.25) is 0 Å². The summed E-state index contributed by atoms with van der Waals surface area (Å²) in [6.45, 7) is 5.04. The van der Waals surface area contributed by atoms with Crippen molar-refractivity contribution in [3.05, 3.63) is 41.7 Å².